The van der Waals surface area contributed by atoms with E-state index in [1.165, 1.54) is 0 Å². The summed E-state index contributed by atoms with van der Waals surface area (Å²) in [5.41, 5.74) is -1.07. The van der Waals surface area contributed by atoms with Crippen molar-refractivity contribution >= 4 is 0 Å². The van der Waals surface area contributed by atoms with E-state index in [1.807, 2.05) is 0 Å². The molecular formula is C12H21F2NO. The van der Waals surface area contributed by atoms with Crippen molar-refractivity contribution < 1.29 is 13.5 Å². The second-order valence-corrected chi connectivity index (χ2v) is 5.71. The van der Waals surface area contributed by atoms with Crippen LogP contribution in [0.1, 0.15) is 26.7 Å². The van der Waals surface area contributed by atoms with Gasteiger partial charge in [0, 0.05) is 18.0 Å². The summed E-state index contributed by atoms with van der Waals surface area (Å²) in [4.78, 5) is 0. The third-order valence-corrected chi connectivity index (χ3v) is 4.00. The monoisotopic (exact) mass is 233 g/mol. The molecule has 1 heterocycles. The average molecular weight is 233 g/mol. The Labute approximate surface area is 95.7 Å². The SMILES string of the molecule is CC(C)C1NCCOC12CC(CF)(CF)C2. The number of nitrogens with one attached hydrogen (secondary N) is 1. The molecule has 4 heteroatoms. The molecule has 1 spiro atoms. The maximum Gasteiger partial charge on any atom is 0.0977 e. The molecule has 0 aromatic carbocycles. The smallest absolute Gasteiger partial charge is 0.0977 e. The molecule has 0 aromatic heterocycles. The van der Waals surface area contributed by atoms with Gasteiger partial charge in [-0.15, -0.1) is 0 Å². The number of morpholine rings is 1. The molecule has 1 aliphatic carbocycles. The maximum atomic E-state index is 12.8. The third kappa shape index (κ3) is 1.76. The molecule has 1 saturated carbocycles. The summed E-state index contributed by atoms with van der Waals surface area (Å²) in [6.45, 7) is 4.59. The normalized spacial score (nSPS) is 31.7. The van der Waals surface area contributed by atoms with Crippen LogP contribution in [0.5, 0.6) is 0 Å². The fraction of sp³-hybridized carbons (Fsp3) is 1.00. The summed E-state index contributed by atoms with van der Waals surface area (Å²) in [7, 11) is 0. The van der Waals surface area contributed by atoms with E-state index in [0.717, 1.165) is 6.54 Å². The van der Waals surface area contributed by atoms with E-state index in [4.69, 9.17) is 4.74 Å². The topological polar surface area (TPSA) is 21.3 Å². The van der Waals surface area contributed by atoms with Crippen molar-refractivity contribution in [2.24, 2.45) is 11.3 Å². The number of hydrogen-bond acceptors (Lipinski definition) is 2. The summed E-state index contributed by atoms with van der Waals surface area (Å²) >= 11 is 0. The lowest BCUT2D eigenvalue weighted by Crippen LogP contribution is -2.69. The standard InChI is InChI=1S/C12H21F2NO/c1-9(2)10-12(16-4-3-15-10)5-11(6-12,7-13)8-14/h9-10,15H,3-8H2,1-2H3. The van der Waals surface area contributed by atoms with Crippen molar-refractivity contribution in [3.63, 3.8) is 0 Å². The van der Waals surface area contributed by atoms with Crippen LogP contribution in [0.25, 0.3) is 0 Å². The Kier molecular flexibility index (Phi) is 3.23. The minimum Gasteiger partial charge on any atom is -0.372 e. The van der Waals surface area contributed by atoms with Crippen LogP contribution in [-0.4, -0.2) is 38.1 Å². The van der Waals surface area contributed by atoms with E-state index in [0.29, 0.717) is 25.4 Å². The fourth-order valence-corrected chi connectivity index (χ4v) is 3.35. The number of halogens is 2. The molecule has 2 aliphatic rings. The maximum absolute atomic E-state index is 12.8. The Morgan fingerprint density at radius 3 is 2.44 bits per heavy atom. The first-order valence-electron chi connectivity index (χ1n) is 6.07. The van der Waals surface area contributed by atoms with E-state index >= 15 is 0 Å². The van der Waals surface area contributed by atoms with Gasteiger partial charge >= 0.3 is 0 Å². The number of alkyl halides is 2. The molecule has 2 nitrogen and oxygen atoms in total. The predicted octanol–water partition coefficient (Wildman–Crippen LogP) is 2.09. The molecule has 1 saturated heterocycles. The summed E-state index contributed by atoms with van der Waals surface area (Å²) in [5, 5.41) is 3.43. The van der Waals surface area contributed by atoms with Crippen molar-refractivity contribution in [2.45, 2.75) is 38.3 Å². The molecule has 0 amide bonds. The van der Waals surface area contributed by atoms with Gasteiger partial charge in [0.15, 0.2) is 0 Å². The van der Waals surface area contributed by atoms with Crippen LogP contribution < -0.4 is 5.32 Å². The molecule has 94 valence electrons. The molecule has 1 aliphatic heterocycles. The first-order chi connectivity index (χ1) is 7.57. The molecule has 0 bridgehead atoms. The van der Waals surface area contributed by atoms with Crippen LogP contribution in [0.3, 0.4) is 0 Å². The van der Waals surface area contributed by atoms with Crippen molar-refractivity contribution in [2.75, 3.05) is 26.5 Å². The highest BCUT2D eigenvalue weighted by Gasteiger charge is 2.60. The number of ether oxygens (including phenoxy) is 1. The lowest BCUT2D eigenvalue weighted by Gasteiger charge is -2.59. The van der Waals surface area contributed by atoms with Gasteiger partial charge in [0.2, 0.25) is 0 Å². The zero-order valence-electron chi connectivity index (χ0n) is 10.1. The van der Waals surface area contributed by atoms with Gasteiger partial charge in [-0.1, -0.05) is 13.8 Å². The average Bonchev–Trinajstić information content (AvgIpc) is 2.25. The van der Waals surface area contributed by atoms with Gasteiger partial charge in [0.1, 0.15) is 0 Å². The van der Waals surface area contributed by atoms with E-state index in [2.05, 4.69) is 19.2 Å². The molecule has 1 N–H and O–H groups in total. The summed E-state index contributed by atoms with van der Waals surface area (Å²) in [5.74, 6) is 0.428. The minimum absolute atomic E-state index is 0.229. The summed E-state index contributed by atoms with van der Waals surface area (Å²) < 4.78 is 31.5. The second kappa shape index (κ2) is 4.22. The van der Waals surface area contributed by atoms with Gasteiger partial charge in [0.05, 0.1) is 25.6 Å². The fourth-order valence-electron chi connectivity index (χ4n) is 3.35. The van der Waals surface area contributed by atoms with Crippen LogP contribution in [-0.2, 0) is 4.74 Å². The number of hydrogen-bond donors (Lipinski definition) is 1. The van der Waals surface area contributed by atoms with Gasteiger partial charge in [-0.3, -0.25) is 8.78 Å². The summed E-state index contributed by atoms with van der Waals surface area (Å²) in [6, 6.07) is 0.229. The van der Waals surface area contributed by atoms with Crippen LogP contribution in [0.2, 0.25) is 0 Å². The van der Waals surface area contributed by atoms with E-state index in [1.54, 1.807) is 0 Å². The molecule has 16 heavy (non-hydrogen) atoms. The Hall–Kier alpha value is -0.220. The quantitative estimate of drug-likeness (QED) is 0.806. The van der Waals surface area contributed by atoms with E-state index in [9.17, 15) is 8.78 Å². The largest absolute Gasteiger partial charge is 0.372 e. The molecule has 1 atom stereocenters. The van der Waals surface area contributed by atoms with Gasteiger partial charge in [-0.25, -0.2) is 0 Å². The lowest BCUT2D eigenvalue weighted by atomic mass is 9.56. The van der Waals surface area contributed by atoms with E-state index in [-0.39, 0.29) is 11.6 Å². The first kappa shape index (κ1) is 12.2. The molecule has 2 fully saturated rings. The van der Waals surface area contributed by atoms with Crippen molar-refractivity contribution in [1.82, 2.24) is 5.32 Å². The minimum atomic E-state index is -0.758. The van der Waals surface area contributed by atoms with E-state index < -0.39 is 18.8 Å². The first-order valence-corrected chi connectivity index (χ1v) is 6.07. The Morgan fingerprint density at radius 1 is 1.31 bits per heavy atom. The molecular weight excluding hydrogens is 212 g/mol. The van der Waals surface area contributed by atoms with Crippen molar-refractivity contribution in [1.29, 1.82) is 0 Å². The zero-order chi connectivity index (χ0) is 11.8. The predicted molar refractivity (Wildman–Crippen MR) is 58.9 cm³/mol. The summed E-state index contributed by atoms with van der Waals surface area (Å²) in [6.07, 6.45) is 1.03. The van der Waals surface area contributed by atoms with Gasteiger partial charge in [0.25, 0.3) is 0 Å². The molecule has 2 rings (SSSR count). The van der Waals surface area contributed by atoms with Crippen molar-refractivity contribution in [3.05, 3.63) is 0 Å². The van der Waals surface area contributed by atoms with Crippen LogP contribution in [0.15, 0.2) is 0 Å². The third-order valence-electron chi connectivity index (χ3n) is 4.00. The van der Waals surface area contributed by atoms with Gasteiger partial charge < -0.3 is 10.1 Å². The highest BCUT2D eigenvalue weighted by molar-refractivity contribution is 5.12. The second-order valence-electron chi connectivity index (χ2n) is 5.71. The van der Waals surface area contributed by atoms with Crippen LogP contribution in [0.4, 0.5) is 8.78 Å². The lowest BCUT2D eigenvalue weighted by molar-refractivity contribution is -0.218. The molecule has 1 unspecified atom stereocenters. The zero-order valence-corrected chi connectivity index (χ0v) is 10.1. The highest BCUT2D eigenvalue weighted by atomic mass is 19.1. The highest BCUT2D eigenvalue weighted by Crippen LogP contribution is 2.54. The van der Waals surface area contributed by atoms with Crippen LogP contribution >= 0.6 is 0 Å². The molecule has 0 aromatic rings. The number of rotatable bonds is 3. The van der Waals surface area contributed by atoms with Gasteiger partial charge in [-0.05, 0) is 18.8 Å². The van der Waals surface area contributed by atoms with Crippen molar-refractivity contribution in [3.8, 4) is 0 Å². The Bertz CT molecular complexity index is 245. The van der Waals surface area contributed by atoms with Crippen LogP contribution in [0, 0.1) is 11.3 Å². The van der Waals surface area contributed by atoms with Gasteiger partial charge in [-0.2, -0.15) is 0 Å². The Balaban J connectivity index is 2.08. The Morgan fingerprint density at radius 2 is 1.94 bits per heavy atom. The molecule has 0 radical (unpaired) electrons.